The van der Waals surface area contributed by atoms with Crippen molar-refractivity contribution in [2.45, 2.75) is 47.0 Å². The van der Waals surface area contributed by atoms with E-state index in [-0.39, 0.29) is 17.2 Å². The van der Waals surface area contributed by atoms with E-state index >= 15 is 0 Å². The first-order valence-corrected chi connectivity index (χ1v) is 11.0. The topological polar surface area (TPSA) is 49.4 Å². The number of carbonyl (C=O) groups excluding carboxylic acids is 2. The number of benzene rings is 2. The van der Waals surface area contributed by atoms with Crippen LogP contribution in [0.5, 0.6) is 0 Å². The van der Waals surface area contributed by atoms with E-state index in [4.69, 9.17) is 0 Å². The zero-order chi connectivity index (χ0) is 21.8. The molecule has 4 heteroatoms. The highest BCUT2D eigenvalue weighted by atomic mass is 16.2. The van der Waals surface area contributed by atoms with Crippen LogP contribution < -0.4 is 5.32 Å². The van der Waals surface area contributed by atoms with E-state index in [0.29, 0.717) is 38.9 Å². The van der Waals surface area contributed by atoms with E-state index in [1.165, 1.54) is 11.1 Å². The summed E-state index contributed by atoms with van der Waals surface area (Å²) in [5, 5.41) is 3.05. The van der Waals surface area contributed by atoms with Crippen LogP contribution in [0.3, 0.4) is 0 Å². The van der Waals surface area contributed by atoms with Gasteiger partial charge in [0, 0.05) is 25.0 Å². The Kier molecular flexibility index (Phi) is 6.64. The van der Waals surface area contributed by atoms with Crippen molar-refractivity contribution in [2.24, 2.45) is 10.8 Å². The van der Waals surface area contributed by atoms with Crippen LogP contribution in [-0.4, -0.2) is 36.3 Å². The molecule has 0 radical (unpaired) electrons. The molecule has 0 aromatic heterocycles. The first-order valence-electron chi connectivity index (χ1n) is 11.0. The molecule has 0 saturated carbocycles. The van der Waals surface area contributed by atoms with Gasteiger partial charge in [-0.25, -0.2) is 0 Å². The van der Waals surface area contributed by atoms with Crippen molar-refractivity contribution in [1.82, 2.24) is 10.2 Å². The van der Waals surface area contributed by atoms with Gasteiger partial charge in [-0.05, 0) is 42.9 Å². The monoisotopic (exact) mass is 406 g/mol. The molecule has 0 unspecified atom stereocenters. The number of nitrogens with one attached hydrogen (secondary N) is 1. The van der Waals surface area contributed by atoms with Crippen molar-refractivity contribution in [3.05, 3.63) is 60.2 Å². The van der Waals surface area contributed by atoms with E-state index < -0.39 is 5.41 Å². The second-order valence-electron chi connectivity index (χ2n) is 9.42. The smallest absolute Gasteiger partial charge is 0.227 e. The predicted octanol–water partition coefficient (Wildman–Crippen LogP) is 4.69. The van der Waals surface area contributed by atoms with Gasteiger partial charge in [0.2, 0.25) is 11.8 Å². The number of likely N-dealkylation sites (tertiary alicyclic amines) is 1. The molecule has 0 atom stereocenters. The maximum Gasteiger partial charge on any atom is 0.227 e. The maximum absolute atomic E-state index is 13.1. The van der Waals surface area contributed by atoms with Crippen LogP contribution in [0.25, 0.3) is 11.1 Å². The van der Waals surface area contributed by atoms with E-state index in [1.54, 1.807) is 0 Å². The van der Waals surface area contributed by atoms with Crippen LogP contribution in [-0.2, 0) is 16.0 Å². The lowest BCUT2D eigenvalue weighted by Gasteiger charge is -2.42. The molecule has 1 aliphatic heterocycles. The molecule has 0 aliphatic carbocycles. The number of hydrogen-bond acceptors (Lipinski definition) is 2. The van der Waals surface area contributed by atoms with Gasteiger partial charge in [-0.2, -0.15) is 0 Å². The number of nitrogens with zero attached hydrogens (tertiary/aromatic N) is 1. The van der Waals surface area contributed by atoms with E-state index in [1.807, 2.05) is 50.8 Å². The van der Waals surface area contributed by atoms with Gasteiger partial charge in [-0.1, -0.05) is 75.4 Å². The highest BCUT2D eigenvalue weighted by Crippen LogP contribution is 2.37. The summed E-state index contributed by atoms with van der Waals surface area (Å²) in [5.41, 5.74) is 2.68. The number of hydrogen-bond donors (Lipinski definition) is 1. The third kappa shape index (κ3) is 4.92. The van der Waals surface area contributed by atoms with Crippen molar-refractivity contribution >= 4 is 11.8 Å². The Hall–Kier alpha value is -2.62. The average Bonchev–Trinajstić information content (AvgIpc) is 2.74. The number of carbonyl (C=O) groups is 2. The fourth-order valence-corrected chi connectivity index (χ4v) is 4.28. The van der Waals surface area contributed by atoms with Crippen molar-refractivity contribution in [3.8, 4) is 11.1 Å². The van der Waals surface area contributed by atoms with Crippen molar-refractivity contribution in [1.29, 1.82) is 0 Å². The van der Waals surface area contributed by atoms with Crippen LogP contribution in [0.4, 0.5) is 0 Å². The summed E-state index contributed by atoms with van der Waals surface area (Å²) >= 11 is 0. The fraction of sp³-hybridized carbons (Fsp3) is 0.462. The zero-order valence-corrected chi connectivity index (χ0v) is 18.7. The normalized spacial score (nSPS) is 16.2. The molecular formula is C26H34N2O2. The van der Waals surface area contributed by atoms with E-state index in [9.17, 15) is 9.59 Å². The molecule has 30 heavy (non-hydrogen) atoms. The van der Waals surface area contributed by atoms with Gasteiger partial charge in [-0.3, -0.25) is 9.59 Å². The van der Waals surface area contributed by atoms with Crippen molar-refractivity contribution < 1.29 is 9.59 Å². The van der Waals surface area contributed by atoms with Gasteiger partial charge in [0.05, 0.1) is 5.41 Å². The molecule has 1 aliphatic rings. The lowest BCUT2D eigenvalue weighted by atomic mass is 9.72. The summed E-state index contributed by atoms with van der Waals surface area (Å²) in [4.78, 5) is 27.7. The second-order valence-corrected chi connectivity index (χ2v) is 9.42. The van der Waals surface area contributed by atoms with Gasteiger partial charge in [0.15, 0.2) is 0 Å². The number of rotatable bonds is 5. The molecule has 1 fully saturated rings. The minimum Gasteiger partial charge on any atom is -0.356 e. The third-order valence-electron chi connectivity index (χ3n) is 6.07. The Bertz CT molecular complexity index is 858. The minimum absolute atomic E-state index is 0.111. The summed E-state index contributed by atoms with van der Waals surface area (Å²) in [6, 6.07) is 18.8. The Labute approximate surface area is 180 Å². The van der Waals surface area contributed by atoms with Gasteiger partial charge >= 0.3 is 0 Å². The Balaban J connectivity index is 1.77. The van der Waals surface area contributed by atoms with Crippen LogP contribution >= 0.6 is 0 Å². The molecular weight excluding hydrogens is 372 g/mol. The Morgan fingerprint density at radius 1 is 0.933 bits per heavy atom. The molecule has 1 heterocycles. The average molecular weight is 407 g/mol. The Morgan fingerprint density at radius 3 is 2.03 bits per heavy atom. The number of piperidine rings is 1. The van der Waals surface area contributed by atoms with Crippen molar-refractivity contribution in [2.75, 3.05) is 19.6 Å². The lowest BCUT2D eigenvalue weighted by molar-refractivity contribution is -0.145. The summed E-state index contributed by atoms with van der Waals surface area (Å²) < 4.78 is 0. The van der Waals surface area contributed by atoms with Crippen LogP contribution in [0.2, 0.25) is 0 Å². The molecule has 2 amide bonds. The second kappa shape index (κ2) is 9.03. The molecule has 2 aromatic carbocycles. The van der Waals surface area contributed by atoms with E-state index in [2.05, 4.69) is 41.7 Å². The highest BCUT2D eigenvalue weighted by molar-refractivity contribution is 5.85. The predicted molar refractivity (Wildman–Crippen MR) is 122 cm³/mol. The lowest BCUT2D eigenvalue weighted by Crippen LogP contribution is -2.53. The van der Waals surface area contributed by atoms with Crippen LogP contribution in [0, 0.1) is 10.8 Å². The van der Waals surface area contributed by atoms with Gasteiger partial charge in [0.1, 0.15) is 0 Å². The molecule has 0 bridgehead atoms. The highest BCUT2D eigenvalue weighted by Gasteiger charge is 2.43. The molecule has 4 nitrogen and oxygen atoms in total. The third-order valence-corrected chi connectivity index (χ3v) is 6.07. The molecule has 2 aromatic rings. The number of amides is 2. The molecule has 3 rings (SSSR count). The summed E-state index contributed by atoms with van der Waals surface area (Å²) in [6.45, 7) is 9.71. The van der Waals surface area contributed by atoms with E-state index in [0.717, 1.165) is 5.56 Å². The van der Waals surface area contributed by atoms with Gasteiger partial charge in [-0.15, -0.1) is 0 Å². The maximum atomic E-state index is 13.1. The summed E-state index contributed by atoms with van der Waals surface area (Å²) in [5.74, 6) is 0.277. The molecule has 1 saturated heterocycles. The quantitative estimate of drug-likeness (QED) is 0.783. The SMILES string of the molecule is CCNC(=O)C1(Cc2ccc(-c3ccccc3)cc2)CCN(C(=O)C(C)(C)C)CC1. The first kappa shape index (κ1) is 22.1. The standard InChI is InChI=1S/C26H34N2O2/c1-5-27-23(29)26(15-17-28(18-16-26)24(30)25(2,3)4)19-20-11-13-22(14-12-20)21-9-7-6-8-10-21/h6-14H,5,15-19H2,1-4H3,(H,27,29). The van der Waals surface area contributed by atoms with Gasteiger partial charge in [0.25, 0.3) is 0 Å². The molecule has 1 N–H and O–H groups in total. The summed E-state index contributed by atoms with van der Waals surface area (Å²) in [6.07, 6.45) is 2.09. The molecule has 160 valence electrons. The van der Waals surface area contributed by atoms with Gasteiger partial charge < -0.3 is 10.2 Å². The largest absolute Gasteiger partial charge is 0.356 e. The van der Waals surface area contributed by atoms with Crippen LogP contribution in [0.15, 0.2) is 54.6 Å². The zero-order valence-electron chi connectivity index (χ0n) is 18.7. The minimum atomic E-state index is -0.459. The first-order chi connectivity index (χ1) is 14.2. The Morgan fingerprint density at radius 2 is 1.50 bits per heavy atom. The summed E-state index contributed by atoms with van der Waals surface area (Å²) in [7, 11) is 0. The van der Waals surface area contributed by atoms with Crippen LogP contribution in [0.1, 0.15) is 46.1 Å². The molecule has 0 spiro atoms. The fourth-order valence-electron chi connectivity index (χ4n) is 4.28. The van der Waals surface area contributed by atoms with Crippen molar-refractivity contribution in [3.63, 3.8) is 0 Å².